The van der Waals surface area contributed by atoms with E-state index in [9.17, 15) is 9.59 Å². The van der Waals surface area contributed by atoms with Gasteiger partial charge < -0.3 is 5.73 Å². The van der Waals surface area contributed by atoms with Gasteiger partial charge in [-0.15, -0.1) is 12.4 Å². The zero-order chi connectivity index (χ0) is 19.2. The highest BCUT2D eigenvalue weighted by Crippen LogP contribution is 2.65. The highest BCUT2D eigenvalue weighted by atomic mass is 35.5. The molecule has 0 bridgehead atoms. The summed E-state index contributed by atoms with van der Waals surface area (Å²) >= 11 is 0. The van der Waals surface area contributed by atoms with Crippen LogP contribution in [0.3, 0.4) is 0 Å². The molecule has 0 aromatic rings. The minimum absolute atomic E-state index is 0. The number of fused-ring (bicyclic) bond motifs is 5. The van der Waals surface area contributed by atoms with Gasteiger partial charge in [0.1, 0.15) is 11.6 Å². The fraction of sp³-hybridized carbons (Fsp3) is 0.833. The monoisotopic (exact) mass is 407 g/mol. The molecule has 4 heteroatoms. The first kappa shape index (κ1) is 22.0. The summed E-state index contributed by atoms with van der Waals surface area (Å²) < 4.78 is 0. The summed E-state index contributed by atoms with van der Waals surface area (Å²) in [5.74, 6) is 3.33. The van der Waals surface area contributed by atoms with Crippen molar-refractivity contribution in [3.63, 3.8) is 0 Å². The molecule has 7 atom stereocenters. The van der Waals surface area contributed by atoms with E-state index in [1.165, 1.54) is 12.8 Å². The lowest BCUT2D eigenvalue weighted by molar-refractivity contribution is -0.157. The molecule has 1 unspecified atom stereocenters. The largest absolute Gasteiger partial charge is 0.330 e. The Morgan fingerprint density at radius 3 is 2.64 bits per heavy atom. The molecule has 4 rings (SSSR count). The Morgan fingerprint density at radius 2 is 1.89 bits per heavy atom. The predicted molar refractivity (Wildman–Crippen MR) is 115 cm³/mol. The number of unbranched alkanes of at least 4 members (excludes halogenated alkanes) is 1. The van der Waals surface area contributed by atoms with Crippen LogP contribution in [0.1, 0.15) is 78.1 Å². The Balaban J connectivity index is 0.00000225. The van der Waals surface area contributed by atoms with Crippen molar-refractivity contribution < 1.29 is 9.59 Å². The van der Waals surface area contributed by atoms with Crippen molar-refractivity contribution >= 4 is 24.0 Å². The van der Waals surface area contributed by atoms with E-state index in [1.54, 1.807) is 0 Å². The van der Waals surface area contributed by atoms with Gasteiger partial charge in [-0.3, -0.25) is 9.59 Å². The number of rotatable bonds is 4. The lowest BCUT2D eigenvalue weighted by atomic mass is 9.44. The van der Waals surface area contributed by atoms with E-state index in [-0.39, 0.29) is 29.2 Å². The summed E-state index contributed by atoms with van der Waals surface area (Å²) in [7, 11) is 0. The average molecular weight is 408 g/mol. The number of carbonyl (C=O) groups is 2. The van der Waals surface area contributed by atoms with Crippen LogP contribution in [0.2, 0.25) is 0 Å². The first-order chi connectivity index (χ1) is 12.9. The third-order valence-corrected chi connectivity index (χ3v) is 9.19. The Hall–Kier alpha value is -0.670. The summed E-state index contributed by atoms with van der Waals surface area (Å²) in [6.45, 7) is 5.37. The molecule has 0 aliphatic heterocycles. The molecule has 0 heterocycles. The molecular weight excluding hydrogens is 370 g/mol. The maximum Gasteiger partial charge on any atom is 0.139 e. The van der Waals surface area contributed by atoms with Crippen LogP contribution in [-0.4, -0.2) is 18.1 Å². The molecule has 158 valence electrons. The number of nitrogens with two attached hydrogens (primary N) is 1. The van der Waals surface area contributed by atoms with Crippen LogP contribution < -0.4 is 5.73 Å². The molecule has 3 nitrogen and oxygen atoms in total. The number of carbonyl (C=O) groups excluding carboxylic acids is 2. The Bertz CT molecular complexity index is 647. The Morgan fingerprint density at radius 1 is 1.11 bits per heavy atom. The van der Waals surface area contributed by atoms with E-state index in [4.69, 9.17) is 5.73 Å². The normalized spacial score (nSPS) is 45.3. The van der Waals surface area contributed by atoms with Crippen LogP contribution in [0.25, 0.3) is 0 Å². The minimum Gasteiger partial charge on any atom is -0.330 e. The van der Waals surface area contributed by atoms with Crippen molar-refractivity contribution in [3.05, 3.63) is 12.2 Å². The Labute approximate surface area is 176 Å². The highest BCUT2D eigenvalue weighted by Gasteiger charge is 2.62. The summed E-state index contributed by atoms with van der Waals surface area (Å²) in [6.07, 6.45) is 14.9. The standard InChI is InChI=1S/C24H37NO2.ClH/c1-23-11-9-16(6-4-3-5-13-25)14-20(23)21(26)15-17-18-7-8-22(27)24(18,2)12-10-19(17)23;/h4,6,16-20H,3,5,7-15,25H2,1-2H3;1H/t16-,17-,18-,19-,20?,23+,24-;/m0./s1. The number of Topliss-reactive ketones (excluding diaryl/α,β-unsaturated/α-hetero) is 2. The smallest absolute Gasteiger partial charge is 0.139 e. The van der Waals surface area contributed by atoms with Gasteiger partial charge in [-0.1, -0.05) is 26.0 Å². The maximum atomic E-state index is 13.3. The van der Waals surface area contributed by atoms with Gasteiger partial charge >= 0.3 is 0 Å². The van der Waals surface area contributed by atoms with E-state index in [0.29, 0.717) is 35.2 Å². The second kappa shape index (κ2) is 8.22. The third kappa shape index (κ3) is 3.41. The number of ketones is 2. The van der Waals surface area contributed by atoms with Crippen LogP contribution in [0.4, 0.5) is 0 Å². The number of halogens is 1. The molecule has 4 aliphatic rings. The predicted octanol–water partition coefficient (Wildman–Crippen LogP) is 5.11. The first-order valence-corrected chi connectivity index (χ1v) is 11.3. The molecule has 0 radical (unpaired) electrons. The second-order valence-electron chi connectivity index (χ2n) is 10.4. The SMILES string of the molecule is C[C@]12CC[C@H](C=CCCCN)CC1C(=O)C[C@@H]1[C@@H]2CC[C@]2(C)C(=O)CC[C@@H]12.Cl. The fourth-order valence-electron chi connectivity index (χ4n) is 7.54. The van der Waals surface area contributed by atoms with Crippen molar-refractivity contribution in [3.8, 4) is 0 Å². The van der Waals surface area contributed by atoms with Gasteiger partial charge in [0, 0.05) is 24.2 Å². The van der Waals surface area contributed by atoms with Gasteiger partial charge in [0.25, 0.3) is 0 Å². The van der Waals surface area contributed by atoms with Gasteiger partial charge in [0.15, 0.2) is 0 Å². The van der Waals surface area contributed by atoms with Gasteiger partial charge in [0.05, 0.1) is 0 Å². The van der Waals surface area contributed by atoms with Gasteiger partial charge in [0.2, 0.25) is 0 Å². The van der Waals surface area contributed by atoms with Crippen molar-refractivity contribution in [1.82, 2.24) is 0 Å². The van der Waals surface area contributed by atoms with E-state index in [0.717, 1.165) is 57.9 Å². The molecule has 0 spiro atoms. The van der Waals surface area contributed by atoms with E-state index in [2.05, 4.69) is 26.0 Å². The molecule has 0 saturated heterocycles. The Kier molecular flexibility index (Phi) is 6.47. The van der Waals surface area contributed by atoms with Crippen LogP contribution in [0, 0.1) is 40.4 Å². The summed E-state index contributed by atoms with van der Waals surface area (Å²) in [5, 5.41) is 0. The van der Waals surface area contributed by atoms with Gasteiger partial charge in [-0.25, -0.2) is 0 Å². The highest BCUT2D eigenvalue weighted by molar-refractivity contribution is 5.88. The van der Waals surface area contributed by atoms with E-state index < -0.39 is 0 Å². The molecule has 4 fully saturated rings. The zero-order valence-electron chi connectivity index (χ0n) is 17.6. The maximum absolute atomic E-state index is 13.3. The van der Waals surface area contributed by atoms with Gasteiger partial charge in [-0.05, 0) is 87.0 Å². The van der Waals surface area contributed by atoms with Crippen LogP contribution in [-0.2, 0) is 9.59 Å². The van der Waals surface area contributed by atoms with Crippen molar-refractivity contribution in [2.45, 2.75) is 78.1 Å². The van der Waals surface area contributed by atoms with Crippen molar-refractivity contribution in [2.24, 2.45) is 46.2 Å². The number of hydrogen-bond acceptors (Lipinski definition) is 3. The van der Waals surface area contributed by atoms with E-state index >= 15 is 0 Å². The van der Waals surface area contributed by atoms with E-state index in [1.807, 2.05) is 0 Å². The molecule has 0 amide bonds. The van der Waals surface area contributed by atoms with Crippen LogP contribution in [0.5, 0.6) is 0 Å². The van der Waals surface area contributed by atoms with Gasteiger partial charge in [-0.2, -0.15) is 0 Å². The lowest BCUT2D eigenvalue weighted by Gasteiger charge is -2.59. The zero-order valence-corrected chi connectivity index (χ0v) is 18.4. The first-order valence-electron chi connectivity index (χ1n) is 11.3. The topological polar surface area (TPSA) is 60.2 Å². The van der Waals surface area contributed by atoms with Crippen LogP contribution >= 0.6 is 12.4 Å². The van der Waals surface area contributed by atoms with Crippen molar-refractivity contribution in [2.75, 3.05) is 6.54 Å². The van der Waals surface area contributed by atoms with Crippen LogP contribution in [0.15, 0.2) is 12.2 Å². The number of allylic oxidation sites excluding steroid dienone is 2. The fourth-order valence-corrected chi connectivity index (χ4v) is 7.54. The molecule has 4 saturated carbocycles. The molecule has 0 aromatic carbocycles. The minimum atomic E-state index is -0.131. The molecule has 28 heavy (non-hydrogen) atoms. The second-order valence-corrected chi connectivity index (χ2v) is 10.4. The third-order valence-electron chi connectivity index (χ3n) is 9.19. The lowest BCUT2D eigenvalue weighted by Crippen LogP contribution is -2.56. The quantitative estimate of drug-likeness (QED) is 0.520. The summed E-state index contributed by atoms with van der Waals surface area (Å²) in [5.41, 5.74) is 5.62. The summed E-state index contributed by atoms with van der Waals surface area (Å²) in [6, 6.07) is 0. The van der Waals surface area contributed by atoms with Crippen molar-refractivity contribution in [1.29, 1.82) is 0 Å². The number of hydrogen-bond donors (Lipinski definition) is 1. The molecule has 0 aromatic heterocycles. The average Bonchev–Trinajstić information content (AvgIpc) is 2.95. The molecule has 2 N–H and O–H groups in total. The molecular formula is C24H38ClNO2. The molecule has 4 aliphatic carbocycles. The summed E-state index contributed by atoms with van der Waals surface area (Å²) in [4.78, 5) is 25.8.